The van der Waals surface area contributed by atoms with Crippen LogP contribution in [0.3, 0.4) is 0 Å². The Labute approximate surface area is 370 Å². The minimum absolute atomic E-state index is 0.0684. The first-order valence-electron chi connectivity index (χ1n) is 22.8. The zero-order valence-electron chi connectivity index (χ0n) is 36.0. The lowest BCUT2D eigenvalue weighted by Crippen LogP contribution is -2.54. The Morgan fingerprint density at radius 1 is 0.922 bits per heavy atom. The van der Waals surface area contributed by atoms with Gasteiger partial charge in [-0.1, -0.05) is 24.8 Å². The second-order valence-electron chi connectivity index (χ2n) is 17.9. The van der Waals surface area contributed by atoms with Crippen LogP contribution in [0, 0.1) is 29.6 Å². The number of piperidine rings is 2. The van der Waals surface area contributed by atoms with E-state index in [1.807, 2.05) is 19.1 Å². The van der Waals surface area contributed by atoms with Gasteiger partial charge in [-0.05, 0) is 93.5 Å². The summed E-state index contributed by atoms with van der Waals surface area (Å²) in [6.07, 6.45) is 7.71. The molecule has 1 unspecified atom stereocenters. The van der Waals surface area contributed by atoms with E-state index in [1.165, 1.54) is 0 Å². The van der Waals surface area contributed by atoms with Crippen molar-refractivity contribution in [2.75, 3.05) is 51.3 Å². The van der Waals surface area contributed by atoms with Crippen LogP contribution in [0.1, 0.15) is 107 Å². The van der Waals surface area contributed by atoms with Gasteiger partial charge in [-0.2, -0.15) is 0 Å². The first-order valence-corrected chi connectivity index (χ1v) is 22.8. The van der Waals surface area contributed by atoms with Crippen LogP contribution in [0.15, 0.2) is 36.5 Å². The molecule has 3 saturated heterocycles. The molecule has 6 heterocycles. The predicted molar refractivity (Wildman–Crippen MR) is 233 cm³/mol. The molecule has 2 aromatic carbocycles. The van der Waals surface area contributed by atoms with Gasteiger partial charge in [0.15, 0.2) is 6.17 Å². The number of pyridine rings is 1. The third kappa shape index (κ3) is 8.80. The third-order valence-corrected chi connectivity index (χ3v) is 13.9. The molecule has 4 fully saturated rings. The Balaban J connectivity index is 0.737. The molecule has 16 heteroatoms. The largest absolute Gasteiger partial charge is 0.475 e. The van der Waals surface area contributed by atoms with Gasteiger partial charge in [-0.3, -0.25) is 39.0 Å². The fourth-order valence-electron chi connectivity index (χ4n) is 10.3. The predicted octanol–water partition coefficient (Wildman–Crippen LogP) is 3.91. The van der Waals surface area contributed by atoms with E-state index in [4.69, 9.17) is 9.47 Å². The van der Waals surface area contributed by atoms with Gasteiger partial charge in [-0.25, -0.2) is 9.37 Å². The lowest BCUT2D eigenvalue weighted by molar-refractivity contribution is -0.136. The van der Waals surface area contributed by atoms with Crippen LogP contribution >= 0.6 is 0 Å². The number of nitrogens with one attached hydrogen (secondary N) is 4. The van der Waals surface area contributed by atoms with Crippen molar-refractivity contribution < 1.29 is 42.6 Å². The number of hydrogen-bond acceptors (Lipinski definition) is 11. The van der Waals surface area contributed by atoms with E-state index >= 15 is 0 Å². The molecule has 3 aromatic rings. The number of nitrogens with zero attached hydrogens (tertiary/aromatic N) is 3. The van der Waals surface area contributed by atoms with Crippen molar-refractivity contribution in [3.63, 3.8) is 0 Å². The smallest absolute Gasteiger partial charge is 0.264 e. The van der Waals surface area contributed by atoms with Crippen molar-refractivity contribution in [2.45, 2.75) is 95.5 Å². The number of hydrogen-bond donors (Lipinski definition) is 4. The number of carbonyl (C=O) groups is 6. The number of amides is 6. The standard InChI is InChI=1S/C48H54FN7O8/c1-2-32-38(53-45(60)42(32)49)26-64-46-36-22-29-14-17-51-43(58)35(29)23-34(36)30(24-52-46)11-10-27-6-8-28(9-7-27)25-55-19-15-31(16-20-55)63-21-18-50-37-5-3-4-33-41(37)48(62)56(47(33)61)39-12-13-40(57)54-44(39)59/h3-5,22-24,27-28,31-32,38-39,42,50H,2,6-9,12-21,25-26H2,1H3,(H,51,58)(H,53,60)(H,54,57,59)/t27?,28?,32-,38+,39?,42-/m0/s1. The SMILES string of the molecule is CC[C@@H]1[C@H](F)C(=O)N[C@@H]1COc1ncc(C#CC2CCC(CN3CCC(OCCNc4cccc5c4C(=O)N(C4CCC(=O)NC4=O)C5=O)CC3)CC2)c2cc3c(cc12)CCNC3=O. The summed E-state index contributed by atoms with van der Waals surface area (Å²) >= 11 is 0. The number of fused-ring (bicyclic) bond motifs is 3. The first kappa shape index (κ1) is 43.3. The molecular weight excluding hydrogens is 822 g/mol. The first-order chi connectivity index (χ1) is 31.1. The number of ether oxygens (including phenoxy) is 2. The fourth-order valence-corrected chi connectivity index (χ4v) is 10.3. The second kappa shape index (κ2) is 18.7. The highest BCUT2D eigenvalue weighted by atomic mass is 19.1. The zero-order chi connectivity index (χ0) is 44.5. The topological polar surface area (TPSA) is 188 Å². The number of aromatic nitrogens is 1. The summed E-state index contributed by atoms with van der Waals surface area (Å²) in [4.78, 5) is 83.7. The maximum Gasteiger partial charge on any atom is 0.264 e. The molecule has 6 amide bonds. The van der Waals surface area contributed by atoms with Crippen molar-refractivity contribution >= 4 is 51.9 Å². The Bertz CT molecular complexity index is 2430. The molecular formula is C48H54FN7O8. The van der Waals surface area contributed by atoms with E-state index in [9.17, 15) is 33.2 Å². The van der Waals surface area contributed by atoms with Crippen LogP contribution in [0.5, 0.6) is 5.88 Å². The van der Waals surface area contributed by atoms with Gasteiger partial charge in [0.05, 0.1) is 35.4 Å². The number of imide groups is 2. The molecule has 6 aliphatic rings. The van der Waals surface area contributed by atoms with Crippen molar-refractivity contribution in [1.82, 2.24) is 30.7 Å². The Morgan fingerprint density at radius 3 is 2.52 bits per heavy atom. The average Bonchev–Trinajstić information content (AvgIpc) is 3.72. The minimum Gasteiger partial charge on any atom is -0.475 e. The van der Waals surface area contributed by atoms with Crippen LogP contribution in [0.2, 0.25) is 0 Å². The molecule has 15 nitrogen and oxygen atoms in total. The minimum atomic E-state index is -1.55. The molecule has 64 heavy (non-hydrogen) atoms. The van der Waals surface area contributed by atoms with E-state index in [1.54, 1.807) is 24.4 Å². The summed E-state index contributed by atoms with van der Waals surface area (Å²) in [6.45, 7) is 6.35. The van der Waals surface area contributed by atoms with Crippen molar-refractivity contribution in [1.29, 1.82) is 0 Å². The van der Waals surface area contributed by atoms with Crippen LogP contribution in [0.25, 0.3) is 10.8 Å². The maximum atomic E-state index is 14.5. The zero-order valence-corrected chi connectivity index (χ0v) is 36.0. The van der Waals surface area contributed by atoms with Crippen molar-refractivity contribution in [3.05, 3.63) is 64.3 Å². The number of rotatable bonds is 12. The van der Waals surface area contributed by atoms with Gasteiger partial charge in [0.1, 0.15) is 12.6 Å². The molecule has 1 saturated carbocycles. The van der Waals surface area contributed by atoms with Gasteiger partial charge < -0.3 is 30.3 Å². The maximum absolute atomic E-state index is 14.5. The molecule has 5 aliphatic heterocycles. The Morgan fingerprint density at radius 2 is 1.73 bits per heavy atom. The highest BCUT2D eigenvalue weighted by Crippen LogP contribution is 2.35. The third-order valence-electron chi connectivity index (χ3n) is 13.9. The molecule has 4 N–H and O–H groups in total. The van der Waals surface area contributed by atoms with Crippen LogP contribution in [-0.2, 0) is 25.5 Å². The van der Waals surface area contributed by atoms with Gasteiger partial charge in [0.2, 0.25) is 17.7 Å². The number of benzene rings is 2. The molecule has 0 radical (unpaired) electrons. The average molecular weight is 876 g/mol. The summed E-state index contributed by atoms with van der Waals surface area (Å²) in [7, 11) is 0. The van der Waals surface area contributed by atoms with Gasteiger partial charge in [0, 0.05) is 79.2 Å². The fraction of sp³-hybridized carbons (Fsp3) is 0.521. The van der Waals surface area contributed by atoms with Gasteiger partial charge >= 0.3 is 0 Å². The highest BCUT2D eigenvalue weighted by molar-refractivity contribution is 6.25. The monoisotopic (exact) mass is 875 g/mol. The molecule has 1 aromatic heterocycles. The molecule has 336 valence electrons. The summed E-state index contributed by atoms with van der Waals surface area (Å²) < 4.78 is 26.9. The van der Waals surface area contributed by atoms with E-state index in [0.717, 1.165) is 85.0 Å². The van der Waals surface area contributed by atoms with E-state index in [-0.39, 0.29) is 48.5 Å². The molecule has 0 bridgehead atoms. The Kier molecular flexibility index (Phi) is 12.6. The van der Waals surface area contributed by atoms with E-state index in [0.29, 0.717) is 55.6 Å². The molecule has 1 aliphatic carbocycles. The van der Waals surface area contributed by atoms with Crippen LogP contribution in [0.4, 0.5) is 10.1 Å². The van der Waals surface area contributed by atoms with Gasteiger partial charge in [0.25, 0.3) is 23.6 Å². The van der Waals surface area contributed by atoms with Crippen LogP contribution < -0.4 is 26.0 Å². The lowest BCUT2D eigenvalue weighted by Gasteiger charge is -2.36. The Hall–Kier alpha value is -5.92. The highest BCUT2D eigenvalue weighted by Gasteiger charge is 2.46. The number of likely N-dealkylation sites (tertiary alicyclic amines) is 1. The number of halogens is 1. The number of carbonyl (C=O) groups excluding carboxylic acids is 6. The summed E-state index contributed by atoms with van der Waals surface area (Å²) in [5.74, 6) is 4.85. The normalized spacial score (nSPS) is 26.2. The van der Waals surface area contributed by atoms with Gasteiger partial charge in [-0.15, -0.1) is 0 Å². The quantitative estimate of drug-likeness (QED) is 0.117. The second-order valence-corrected chi connectivity index (χ2v) is 17.9. The number of alkyl halides is 1. The molecule has 4 atom stereocenters. The molecule has 0 spiro atoms. The molecule has 9 rings (SSSR count). The summed E-state index contributed by atoms with van der Waals surface area (Å²) in [5.41, 5.74) is 3.25. The summed E-state index contributed by atoms with van der Waals surface area (Å²) in [5, 5.41) is 12.7. The van der Waals surface area contributed by atoms with E-state index in [2.05, 4.69) is 43.0 Å². The lowest BCUT2D eigenvalue weighted by atomic mass is 9.81. The van der Waals surface area contributed by atoms with Crippen LogP contribution in [-0.4, -0.2) is 121 Å². The van der Waals surface area contributed by atoms with Crippen molar-refractivity contribution in [2.24, 2.45) is 17.8 Å². The number of anilines is 1. The van der Waals surface area contributed by atoms with E-state index < -0.39 is 53.7 Å². The van der Waals surface area contributed by atoms with Crippen molar-refractivity contribution in [3.8, 4) is 17.7 Å². The summed E-state index contributed by atoms with van der Waals surface area (Å²) in [6, 6.07) is 7.41.